The second-order valence-electron chi connectivity index (χ2n) is 9.71. The maximum atomic E-state index is 13.7. The second kappa shape index (κ2) is 10.5. The zero-order valence-electron chi connectivity index (χ0n) is 20.1. The molecule has 10 heteroatoms. The Morgan fingerprint density at radius 2 is 1.92 bits per heavy atom. The summed E-state index contributed by atoms with van der Waals surface area (Å²) in [5.41, 5.74) is 0.785. The Labute approximate surface area is 216 Å². The van der Waals surface area contributed by atoms with Crippen LogP contribution in [0.25, 0.3) is 10.9 Å². The van der Waals surface area contributed by atoms with Gasteiger partial charge in [-0.2, -0.15) is 0 Å². The van der Waals surface area contributed by atoms with Crippen LogP contribution in [0.2, 0.25) is 5.02 Å². The van der Waals surface area contributed by atoms with Gasteiger partial charge in [0.25, 0.3) is 11.5 Å². The van der Waals surface area contributed by atoms with Gasteiger partial charge >= 0.3 is 5.69 Å². The molecule has 1 aromatic heterocycles. The van der Waals surface area contributed by atoms with Crippen LogP contribution in [0.1, 0.15) is 48.0 Å². The highest BCUT2D eigenvalue weighted by Crippen LogP contribution is 2.28. The fourth-order valence-electron chi connectivity index (χ4n) is 5.37. The Bertz CT molecular complexity index is 1530. The van der Waals surface area contributed by atoms with Crippen molar-refractivity contribution < 1.29 is 14.0 Å². The molecular weight excluding hydrogens is 499 g/mol. The molecule has 2 aliphatic rings. The van der Waals surface area contributed by atoms with Crippen LogP contribution in [0.3, 0.4) is 0 Å². The van der Waals surface area contributed by atoms with E-state index < -0.39 is 17.1 Å². The van der Waals surface area contributed by atoms with Crippen molar-refractivity contribution in [3.8, 4) is 0 Å². The Morgan fingerprint density at radius 1 is 1.14 bits per heavy atom. The van der Waals surface area contributed by atoms with Crippen molar-refractivity contribution in [1.29, 1.82) is 0 Å². The van der Waals surface area contributed by atoms with Gasteiger partial charge in [-0.15, -0.1) is 0 Å². The molecule has 0 spiro atoms. The SMILES string of the molecule is O=C=C1CCC(N2CCC(NC(=O)c3cc(Cn4c(=O)[nH]c(=O)c5cc(F)ccc54)ccc3Cl)C2)CC1. The summed E-state index contributed by atoms with van der Waals surface area (Å²) in [6, 6.07) is 8.99. The van der Waals surface area contributed by atoms with E-state index in [4.69, 9.17) is 11.6 Å². The number of H-pyrrole nitrogens is 1. The first-order chi connectivity index (χ1) is 17.8. The first kappa shape index (κ1) is 25.1. The standard InChI is InChI=1S/C27H26ClFN4O4/c28-23-7-3-17(13-33-24-8-4-18(29)12-22(24)26(36)31-27(33)37)11-21(23)25(35)30-19-9-10-32(14-19)20-5-1-16(15-34)2-6-20/h3-4,7-8,11-12,19-20H,1-2,5-6,9-10,13-14H2,(H,30,35)(H,31,36,37). The molecular formula is C27H26ClFN4O4. The molecule has 1 aliphatic heterocycles. The number of benzene rings is 2. The number of halogens is 2. The van der Waals surface area contributed by atoms with Crippen molar-refractivity contribution in [3.63, 3.8) is 0 Å². The number of aromatic nitrogens is 2. The van der Waals surface area contributed by atoms with E-state index in [1.807, 2.05) is 5.94 Å². The molecule has 2 N–H and O–H groups in total. The first-order valence-corrected chi connectivity index (χ1v) is 12.7. The number of allylic oxidation sites excluding steroid dienone is 1. The van der Waals surface area contributed by atoms with Crippen molar-refractivity contribution >= 4 is 34.4 Å². The van der Waals surface area contributed by atoms with Crippen LogP contribution in [0.15, 0.2) is 51.6 Å². The molecule has 1 unspecified atom stereocenters. The maximum absolute atomic E-state index is 13.7. The summed E-state index contributed by atoms with van der Waals surface area (Å²) in [5, 5.41) is 3.43. The van der Waals surface area contributed by atoms with Crippen molar-refractivity contribution in [2.75, 3.05) is 13.1 Å². The minimum absolute atomic E-state index is 0.0177. The fourth-order valence-corrected chi connectivity index (χ4v) is 5.57. The number of nitrogens with one attached hydrogen (secondary N) is 2. The average Bonchev–Trinajstić information content (AvgIpc) is 3.36. The van der Waals surface area contributed by atoms with Crippen molar-refractivity contribution in [2.45, 2.75) is 50.7 Å². The molecule has 8 nitrogen and oxygen atoms in total. The van der Waals surface area contributed by atoms with Gasteiger partial charge in [-0.05, 0) is 68.0 Å². The number of hydrogen-bond acceptors (Lipinski definition) is 5. The molecule has 192 valence electrons. The van der Waals surface area contributed by atoms with Gasteiger partial charge in [0.05, 0.1) is 28.0 Å². The molecule has 5 rings (SSSR count). The molecule has 0 bridgehead atoms. The van der Waals surface area contributed by atoms with E-state index in [0.29, 0.717) is 22.7 Å². The molecule has 1 saturated heterocycles. The summed E-state index contributed by atoms with van der Waals surface area (Å²) in [4.78, 5) is 53.3. The van der Waals surface area contributed by atoms with Crippen LogP contribution in [0.5, 0.6) is 0 Å². The number of aromatic amines is 1. The highest BCUT2D eigenvalue weighted by atomic mass is 35.5. The fraction of sp³-hybridized carbons (Fsp3) is 0.370. The lowest BCUT2D eigenvalue weighted by atomic mass is 9.91. The molecule has 1 amide bonds. The predicted octanol–water partition coefficient (Wildman–Crippen LogP) is 3.04. The molecule has 2 fully saturated rings. The van der Waals surface area contributed by atoms with Crippen LogP contribution in [0, 0.1) is 5.82 Å². The summed E-state index contributed by atoms with van der Waals surface area (Å²) < 4.78 is 15.0. The topological polar surface area (TPSA) is 104 Å². The Hall–Kier alpha value is -3.52. The zero-order valence-corrected chi connectivity index (χ0v) is 20.8. The first-order valence-electron chi connectivity index (χ1n) is 12.3. The van der Waals surface area contributed by atoms with Crippen LogP contribution in [0.4, 0.5) is 4.39 Å². The number of carbonyl (C=O) groups is 1. The molecule has 1 atom stereocenters. The minimum Gasteiger partial charge on any atom is -0.348 e. The van der Waals surface area contributed by atoms with E-state index in [1.54, 1.807) is 18.2 Å². The van der Waals surface area contributed by atoms with Gasteiger partial charge in [0.15, 0.2) is 0 Å². The van der Waals surface area contributed by atoms with Gasteiger partial charge in [-0.3, -0.25) is 24.0 Å². The highest BCUT2D eigenvalue weighted by Gasteiger charge is 2.31. The summed E-state index contributed by atoms with van der Waals surface area (Å²) in [7, 11) is 0. The molecule has 2 aromatic carbocycles. The number of fused-ring (bicyclic) bond motifs is 1. The lowest BCUT2D eigenvalue weighted by Crippen LogP contribution is -2.40. The number of hydrogen-bond donors (Lipinski definition) is 2. The van der Waals surface area contributed by atoms with Gasteiger partial charge in [0, 0.05) is 30.7 Å². The van der Waals surface area contributed by atoms with Gasteiger partial charge in [-0.25, -0.2) is 14.0 Å². The number of rotatable bonds is 5. The normalized spacial score (nSPS) is 20.2. The summed E-state index contributed by atoms with van der Waals surface area (Å²) in [5.74, 6) is 1.16. The number of amides is 1. The Morgan fingerprint density at radius 3 is 2.68 bits per heavy atom. The van der Waals surface area contributed by atoms with Crippen molar-refractivity contribution in [2.24, 2.45) is 0 Å². The predicted molar refractivity (Wildman–Crippen MR) is 138 cm³/mol. The third-order valence-electron chi connectivity index (χ3n) is 7.35. The van der Waals surface area contributed by atoms with E-state index in [1.165, 1.54) is 16.7 Å². The lowest BCUT2D eigenvalue weighted by molar-refractivity contribution is 0.0935. The largest absolute Gasteiger partial charge is 0.348 e. The van der Waals surface area contributed by atoms with Gasteiger partial charge < -0.3 is 5.32 Å². The van der Waals surface area contributed by atoms with E-state index in [2.05, 4.69) is 15.2 Å². The van der Waals surface area contributed by atoms with Crippen molar-refractivity contribution in [1.82, 2.24) is 19.8 Å². The minimum atomic E-state index is -0.661. The molecule has 1 saturated carbocycles. The summed E-state index contributed by atoms with van der Waals surface area (Å²) in [6.45, 7) is 1.68. The van der Waals surface area contributed by atoms with Crippen LogP contribution in [-0.2, 0) is 11.3 Å². The third kappa shape index (κ3) is 5.30. The highest BCUT2D eigenvalue weighted by molar-refractivity contribution is 6.33. The third-order valence-corrected chi connectivity index (χ3v) is 7.68. The maximum Gasteiger partial charge on any atom is 0.329 e. The number of carbonyl (C=O) groups excluding carboxylic acids is 2. The van der Waals surface area contributed by atoms with Gasteiger partial charge in [0.2, 0.25) is 0 Å². The monoisotopic (exact) mass is 524 g/mol. The average molecular weight is 525 g/mol. The second-order valence-corrected chi connectivity index (χ2v) is 10.1. The quantitative estimate of drug-likeness (QED) is 0.499. The van der Waals surface area contributed by atoms with E-state index in [-0.39, 0.29) is 28.9 Å². The van der Waals surface area contributed by atoms with Gasteiger partial charge in [-0.1, -0.05) is 17.7 Å². The molecule has 0 radical (unpaired) electrons. The van der Waals surface area contributed by atoms with Crippen molar-refractivity contribution in [3.05, 3.63) is 84.8 Å². The van der Waals surface area contributed by atoms with Crippen LogP contribution >= 0.6 is 11.6 Å². The number of likely N-dealkylation sites (tertiary alicyclic amines) is 1. The van der Waals surface area contributed by atoms with E-state index in [0.717, 1.165) is 56.8 Å². The van der Waals surface area contributed by atoms with Gasteiger partial charge in [0.1, 0.15) is 11.8 Å². The summed E-state index contributed by atoms with van der Waals surface area (Å²) >= 11 is 6.36. The van der Waals surface area contributed by atoms with E-state index >= 15 is 0 Å². The van der Waals surface area contributed by atoms with E-state index in [9.17, 15) is 23.6 Å². The zero-order chi connectivity index (χ0) is 26.1. The van der Waals surface area contributed by atoms with Crippen LogP contribution < -0.4 is 16.6 Å². The molecule has 37 heavy (non-hydrogen) atoms. The number of nitrogens with zero attached hydrogens (tertiary/aromatic N) is 2. The lowest BCUT2D eigenvalue weighted by Gasteiger charge is -2.31. The molecule has 2 heterocycles. The molecule has 3 aromatic rings. The smallest absolute Gasteiger partial charge is 0.329 e. The molecule has 1 aliphatic carbocycles. The Kier molecular flexibility index (Phi) is 7.11. The summed E-state index contributed by atoms with van der Waals surface area (Å²) in [6.07, 6.45) is 4.26. The Balaban J connectivity index is 1.30. The van der Waals surface area contributed by atoms with Crippen LogP contribution in [-0.4, -0.2) is 51.5 Å².